The fourth-order valence-corrected chi connectivity index (χ4v) is 2.94. The number of carbonyl (C=O) groups excluding carboxylic acids is 1. The van der Waals surface area contributed by atoms with E-state index in [1.165, 1.54) is 7.11 Å². The fourth-order valence-electron chi connectivity index (χ4n) is 2.09. The molecule has 0 radical (unpaired) electrons. The quantitative estimate of drug-likeness (QED) is 0.692. The van der Waals surface area contributed by atoms with Crippen LogP contribution in [0.2, 0.25) is 0 Å². The Morgan fingerprint density at radius 1 is 1.45 bits per heavy atom. The van der Waals surface area contributed by atoms with Crippen molar-refractivity contribution >= 4 is 17.3 Å². The average Bonchev–Trinajstić information content (AvgIpc) is 3.20. The Hall–Kier alpha value is -2.41. The van der Waals surface area contributed by atoms with Gasteiger partial charge < -0.3 is 13.7 Å². The number of hydrogen-bond acceptors (Lipinski definition) is 6. The summed E-state index contributed by atoms with van der Waals surface area (Å²) in [6.45, 7) is 4.40. The van der Waals surface area contributed by atoms with Gasteiger partial charge in [0.1, 0.15) is 11.5 Å². The summed E-state index contributed by atoms with van der Waals surface area (Å²) in [6.07, 6.45) is 3.21. The maximum atomic E-state index is 11.4. The van der Waals surface area contributed by atoms with E-state index in [-0.39, 0.29) is 5.69 Å². The van der Waals surface area contributed by atoms with Crippen molar-refractivity contribution in [1.29, 1.82) is 0 Å². The van der Waals surface area contributed by atoms with Crippen molar-refractivity contribution in [3.05, 3.63) is 46.7 Å². The largest absolute Gasteiger partial charge is 0.464 e. The number of esters is 1. The zero-order chi connectivity index (χ0) is 15.7. The zero-order valence-corrected chi connectivity index (χ0v) is 13.3. The van der Waals surface area contributed by atoms with Crippen LogP contribution < -0.4 is 0 Å². The first-order chi connectivity index (χ1) is 10.6. The molecule has 0 aromatic carbocycles. The van der Waals surface area contributed by atoms with Crippen LogP contribution in [-0.2, 0) is 11.3 Å². The van der Waals surface area contributed by atoms with Gasteiger partial charge in [0.05, 0.1) is 24.9 Å². The van der Waals surface area contributed by atoms with Crippen LogP contribution in [-0.4, -0.2) is 27.6 Å². The highest BCUT2D eigenvalue weighted by molar-refractivity contribution is 7.13. The van der Waals surface area contributed by atoms with Crippen molar-refractivity contribution in [1.82, 2.24) is 14.5 Å². The van der Waals surface area contributed by atoms with Crippen LogP contribution in [0.15, 0.2) is 28.4 Å². The molecule has 6 nitrogen and oxygen atoms in total. The lowest BCUT2D eigenvalue weighted by atomic mass is 10.3. The first-order valence-corrected chi connectivity index (χ1v) is 7.57. The Kier molecular flexibility index (Phi) is 3.81. The Morgan fingerprint density at radius 2 is 2.27 bits per heavy atom. The van der Waals surface area contributed by atoms with Gasteiger partial charge in [-0.2, -0.15) is 0 Å². The molecule has 7 heteroatoms. The van der Waals surface area contributed by atoms with Crippen LogP contribution in [0, 0.1) is 13.8 Å². The van der Waals surface area contributed by atoms with Crippen LogP contribution >= 0.6 is 11.3 Å². The molecule has 0 N–H and O–H groups in total. The maximum absolute atomic E-state index is 11.4. The summed E-state index contributed by atoms with van der Waals surface area (Å²) in [5, 5.41) is 2.02. The lowest BCUT2D eigenvalue weighted by Crippen LogP contribution is -2.02. The van der Waals surface area contributed by atoms with Gasteiger partial charge in [-0.15, -0.1) is 11.3 Å². The predicted octanol–water partition coefficient (Wildman–Crippen LogP) is 3.05. The van der Waals surface area contributed by atoms with E-state index >= 15 is 0 Å². The monoisotopic (exact) mass is 317 g/mol. The predicted molar refractivity (Wildman–Crippen MR) is 82.0 cm³/mol. The molecule has 0 aliphatic heterocycles. The van der Waals surface area contributed by atoms with E-state index in [9.17, 15) is 4.79 Å². The second-order valence-corrected chi connectivity index (χ2v) is 5.79. The van der Waals surface area contributed by atoms with Crippen molar-refractivity contribution < 1.29 is 13.9 Å². The van der Waals surface area contributed by atoms with Crippen LogP contribution in [0.25, 0.3) is 10.8 Å². The number of aromatic nitrogens is 3. The number of thiophene rings is 1. The summed E-state index contributed by atoms with van der Waals surface area (Å²) in [5.74, 6) is 0.940. The summed E-state index contributed by atoms with van der Waals surface area (Å²) < 4.78 is 12.2. The van der Waals surface area contributed by atoms with Crippen molar-refractivity contribution in [2.24, 2.45) is 0 Å². The van der Waals surface area contributed by atoms with Gasteiger partial charge in [0, 0.05) is 6.20 Å². The number of rotatable bonds is 4. The Bertz CT molecular complexity index is 816. The molecule has 0 amide bonds. The molecule has 3 rings (SSSR count). The van der Waals surface area contributed by atoms with Crippen molar-refractivity contribution in [2.75, 3.05) is 7.11 Å². The summed E-state index contributed by atoms with van der Waals surface area (Å²) >= 11 is 1.61. The van der Waals surface area contributed by atoms with E-state index in [1.807, 2.05) is 25.3 Å². The van der Waals surface area contributed by atoms with E-state index in [2.05, 4.69) is 14.7 Å². The number of carbonyl (C=O) groups is 1. The minimum atomic E-state index is -0.453. The second-order valence-electron chi connectivity index (χ2n) is 4.88. The third-order valence-corrected chi connectivity index (χ3v) is 4.31. The molecule has 3 aromatic heterocycles. The molecule has 0 unspecified atom stereocenters. The van der Waals surface area contributed by atoms with Gasteiger partial charge in [0.15, 0.2) is 5.69 Å². The molecule has 0 atom stereocenters. The summed E-state index contributed by atoms with van der Waals surface area (Å²) in [4.78, 5) is 21.0. The molecule has 0 bridgehead atoms. The molecule has 0 spiro atoms. The molecular weight excluding hydrogens is 302 g/mol. The molecule has 3 heterocycles. The molecular formula is C15H15N3O3S. The van der Waals surface area contributed by atoms with Gasteiger partial charge in [-0.3, -0.25) is 0 Å². The standard InChI is InChI=1S/C15H15N3O3S/c1-9-4-5-22-13(9)14-17-11(10(2)21-14)6-18-7-12(16-8-18)15(19)20-3/h4-5,7-8H,6H2,1-3H3. The molecule has 114 valence electrons. The third kappa shape index (κ3) is 2.67. The topological polar surface area (TPSA) is 70.2 Å². The minimum Gasteiger partial charge on any atom is -0.464 e. The van der Waals surface area contributed by atoms with Gasteiger partial charge >= 0.3 is 5.97 Å². The molecule has 3 aromatic rings. The van der Waals surface area contributed by atoms with E-state index in [4.69, 9.17) is 4.42 Å². The van der Waals surface area contributed by atoms with Crippen LogP contribution in [0.4, 0.5) is 0 Å². The number of oxazole rings is 1. The van der Waals surface area contributed by atoms with Gasteiger partial charge in [0.25, 0.3) is 0 Å². The van der Waals surface area contributed by atoms with E-state index in [0.717, 1.165) is 21.9 Å². The molecule has 0 saturated carbocycles. The molecule has 0 fully saturated rings. The SMILES string of the molecule is COC(=O)c1cn(Cc2nc(-c3sccc3C)oc2C)cn1. The number of aryl methyl sites for hydroxylation is 2. The minimum absolute atomic E-state index is 0.276. The van der Waals surface area contributed by atoms with Crippen LogP contribution in [0.5, 0.6) is 0 Å². The summed E-state index contributed by atoms with van der Waals surface area (Å²) in [6, 6.07) is 2.04. The normalized spacial score (nSPS) is 10.9. The second kappa shape index (κ2) is 5.76. The van der Waals surface area contributed by atoms with Gasteiger partial charge in [-0.1, -0.05) is 0 Å². The molecule has 0 aliphatic rings. The maximum Gasteiger partial charge on any atom is 0.358 e. The number of ether oxygens (including phenoxy) is 1. The lowest BCUT2D eigenvalue weighted by molar-refractivity contribution is 0.0594. The Morgan fingerprint density at radius 3 is 2.95 bits per heavy atom. The van der Waals surface area contributed by atoms with Crippen molar-refractivity contribution in [3.8, 4) is 10.8 Å². The summed E-state index contributed by atoms with van der Waals surface area (Å²) in [7, 11) is 1.33. The lowest BCUT2D eigenvalue weighted by Gasteiger charge is -1.98. The number of hydrogen-bond donors (Lipinski definition) is 0. The zero-order valence-electron chi connectivity index (χ0n) is 12.5. The number of nitrogens with zero attached hydrogens (tertiary/aromatic N) is 3. The molecule has 0 aliphatic carbocycles. The van der Waals surface area contributed by atoms with E-state index < -0.39 is 5.97 Å². The number of imidazole rings is 1. The third-order valence-electron chi connectivity index (χ3n) is 3.31. The van der Waals surface area contributed by atoms with Crippen LogP contribution in [0.3, 0.4) is 0 Å². The van der Waals surface area contributed by atoms with Crippen molar-refractivity contribution in [2.45, 2.75) is 20.4 Å². The van der Waals surface area contributed by atoms with Gasteiger partial charge in [-0.25, -0.2) is 14.8 Å². The Labute approximate surface area is 131 Å². The number of methoxy groups -OCH3 is 1. The van der Waals surface area contributed by atoms with Crippen molar-refractivity contribution in [3.63, 3.8) is 0 Å². The van der Waals surface area contributed by atoms with E-state index in [0.29, 0.717) is 12.4 Å². The smallest absolute Gasteiger partial charge is 0.358 e. The first kappa shape index (κ1) is 14.5. The van der Waals surface area contributed by atoms with Crippen LogP contribution in [0.1, 0.15) is 27.5 Å². The molecule has 0 saturated heterocycles. The fraction of sp³-hybridized carbons (Fsp3) is 0.267. The molecule has 22 heavy (non-hydrogen) atoms. The highest BCUT2D eigenvalue weighted by atomic mass is 32.1. The summed E-state index contributed by atoms with van der Waals surface area (Å²) in [5.41, 5.74) is 2.24. The van der Waals surface area contributed by atoms with E-state index in [1.54, 1.807) is 28.4 Å². The average molecular weight is 317 g/mol. The van der Waals surface area contributed by atoms with Gasteiger partial charge in [-0.05, 0) is 30.9 Å². The highest BCUT2D eigenvalue weighted by Crippen LogP contribution is 2.29. The van der Waals surface area contributed by atoms with Gasteiger partial charge in [0.2, 0.25) is 5.89 Å². The Balaban J connectivity index is 1.84. The highest BCUT2D eigenvalue weighted by Gasteiger charge is 2.15. The first-order valence-electron chi connectivity index (χ1n) is 6.69.